The smallest absolute Gasteiger partial charge is 0.326 e. The molecular weight excluding hydrogens is 476 g/mol. The van der Waals surface area contributed by atoms with Crippen LogP contribution in [0.3, 0.4) is 0 Å². The van der Waals surface area contributed by atoms with Crippen LogP contribution in [0.25, 0.3) is 0 Å². The maximum atomic E-state index is 12.8. The van der Waals surface area contributed by atoms with Crippen LogP contribution in [0.5, 0.6) is 5.75 Å². The fourth-order valence-electron chi connectivity index (χ4n) is 3.19. The molecule has 0 spiro atoms. The van der Waals surface area contributed by atoms with E-state index in [0.717, 1.165) is 0 Å². The number of aliphatic hydroxyl groups is 1. The number of thioether (sulfide) groups is 1. The van der Waals surface area contributed by atoms with Gasteiger partial charge in [0.1, 0.15) is 23.9 Å². The third-order valence-electron chi connectivity index (χ3n) is 5.11. The van der Waals surface area contributed by atoms with Crippen molar-refractivity contribution in [3.8, 4) is 5.75 Å². The van der Waals surface area contributed by atoms with Crippen LogP contribution < -0.4 is 21.7 Å². The number of aliphatic carboxylic acids is 1. The standard InChI is InChI=1S/C23H36N4O7S/c1-13(2)10-18(23(33)34)26-21(31)17(8-9-35-3)25-22(32)19(12-28)27-20(30)16(24)11-14-4-6-15(29)7-5-14/h4-7,13,16-19,28-29H,8-12,24H2,1-3H3,(H,25,32)(H,26,31)(H,27,30)(H,33,34). The Labute approximate surface area is 209 Å². The number of amides is 3. The number of carbonyl (C=O) groups is 4. The molecule has 0 saturated heterocycles. The summed E-state index contributed by atoms with van der Waals surface area (Å²) in [6.45, 7) is 2.93. The van der Waals surface area contributed by atoms with Gasteiger partial charge in [0.05, 0.1) is 12.6 Å². The number of carboxylic acid groups (broad SMARTS) is 1. The summed E-state index contributed by atoms with van der Waals surface area (Å²) in [7, 11) is 0. The van der Waals surface area contributed by atoms with Gasteiger partial charge in [-0.15, -0.1) is 0 Å². The van der Waals surface area contributed by atoms with Crippen LogP contribution in [0.1, 0.15) is 32.3 Å². The molecule has 0 heterocycles. The number of rotatable bonds is 15. The highest BCUT2D eigenvalue weighted by Crippen LogP contribution is 2.11. The third-order valence-corrected chi connectivity index (χ3v) is 5.75. The number of carboxylic acids is 1. The molecule has 35 heavy (non-hydrogen) atoms. The Bertz CT molecular complexity index is 851. The Morgan fingerprint density at radius 3 is 2.00 bits per heavy atom. The molecule has 4 atom stereocenters. The van der Waals surface area contributed by atoms with Gasteiger partial charge in [0.15, 0.2) is 0 Å². The van der Waals surface area contributed by atoms with Crippen molar-refractivity contribution in [2.24, 2.45) is 11.7 Å². The summed E-state index contributed by atoms with van der Waals surface area (Å²) in [6, 6.07) is 1.59. The Hall–Kier alpha value is -2.83. The van der Waals surface area contributed by atoms with E-state index in [9.17, 15) is 34.5 Å². The molecule has 0 aliphatic rings. The lowest BCUT2D eigenvalue weighted by Gasteiger charge is -2.25. The van der Waals surface area contributed by atoms with Crippen LogP contribution in [0, 0.1) is 5.92 Å². The average molecular weight is 513 g/mol. The number of benzene rings is 1. The molecule has 1 aromatic carbocycles. The van der Waals surface area contributed by atoms with E-state index in [4.69, 9.17) is 5.73 Å². The van der Waals surface area contributed by atoms with E-state index in [1.807, 2.05) is 20.1 Å². The first-order chi connectivity index (χ1) is 16.5. The fraction of sp³-hybridized carbons (Fsp3) is 0.565. The molecule has 0 aliphatic heterocycles. The van der Waals surface area contributed by atoms with Crippen molar-refractivity contribution in [1.82, 2.24) is 16.0 Å². The summed E-state index contributed by atoms with van der Waals surface area (Å²) >= 11 is 1.44. The van der Waals surface area contributed by atoms with Crippen molar-refractivity contribution in [3.05, 3.63) is 29.8 Å². The van der Waals surface area contributed by atoms with Gasteiger partial charge >= 0.3 is 5.97 Å². The molecule has 196 valence electrons. The van der Waals surface area contributed by atoms with E-state index >= 15 is 0 Å². The molecule has 0 saturated carbocycles. The van der Waals surface area contributed by atoms with Crippen LogP contribution in [-0.2, 0) is 25.6 Å². The van der Waals surface area contributed by atoms with Gasteiger partial charge < -0.3 is 37.0 Å². The van der Waals surface area contributed by atoms with Crippen molar-refractivity contribution in [1.29, 1.82) is 0 Å². The maximum Gasteiger partial charge on any atom is 0.326 e. The fourth-order valence-corrected chi connectivity index (χ4v) is 3.66. The second kappa shape index (κ2) is 15.2. The van der Waals surface area contributed by atoms with Gasteiger partial charge in [-0.3, -0.25) is 14.4 Å². The number of aliphatic hydroxyl groups excluding tert-OH is 1. The van der Waals surface area contributed by atoms with Crippen molar-refractivity contribution in [2.75, 3.05) is 18.6 Å². The summed E-state index contributed by atoms with van der Waals surface area (Å²) in [5.41, 5.74) is 6.61. The van der Waals surface area contributed by atoms with Gasteiger partial charge in [0, 0.05) is 0 Å². The van der Waals surface area contributed by atoms with Crippen LogP contribution >= 0.6 is 11.8 Å². The minimum Gasteiger partial charge on any atom is -0.508 e. The predicted octanol–water partition coefficient (Wildman–Crippen LogP) is -0.407. The molecule has 4 unspecified atom stereocenters. The molecule has 12 heteroatoms. The largest absolute Gasteiger partial charge is 0.508 e. The molecule has 0 fully saturated rings. The number of hydrogen-bond acceptors (Lipinski definition) is 8. The number of nitrogens with two attached hydrogens (primary N) is 1. The first-order valence-corrected chi connectivity index (χ1v) is 12.6. The minimum atomic E-state index is -1.36. The van der Waals surface area contributed by atoms with E-state index in [0.29, 0.717) is 11.3 Å². The summed E-state index contributed by atoms with van der Waals surface area (Å²) < 4.78 is 0. The van der Waals surface area contributed by atoms with Crippen LogP contribution in [0.15, 0.2) is 24.3 Å². The monoisotopic (exact) mass is 512 g/mol. The summed E-state index contributed by atoms with van der Waals surface area (Å²) in [5, 5.41) is 35.7. The first-order valence-electron chi connectivity index (χ1n) is 11.3. The normalized spacial score (nSPS) is 14.5. The van der Waals surface area contributed by atoms with Gasteiger partial charge in [0.25, 0.3) is 0 Å². The molecule has 0 radical (unpaired) electrons. The van der Waals surface area contributed by atoms with Crippen LogP contribution in [-0.4, -0.2) is 81.8 Å². The Morgan fingerprint density at radius 1 is 0.943 bits per heavy atom. The zero-order chi connectivity index (χ0) is 26.5. The highest BCUT2D eigenvalue weighted by Gasteiger charge is 2.30. The number of nitrogens with one attached hydrogen (secondary N) is 3. The van der Waals surface area contributed by atoms with Crippen molar-refractivity contribution in [3.63, 3.8) is 0 Å². The van der Waals surface area contributed by atoms with Crippen molar-refractivity contribution < 1.29 is 34.5 Å². The number of carbonyl (C=O) groups excluding carboxylic acids is 3. The number of hydrogen-bond donors (Lipinski definition) is 7. The molecule has 11 nitrogen and oxygen atoms in total. The van der Waals surface area contributed by atoms with Crippen molar-refractivity contribution in [2.45, 2.75) is 57.3 Å². The summed E-state index contributed by atoms with van der Waals surface area (Å²) in [4.78, 5) is 49.5. The van der Waals surface area contributed by atoms with Gasteiger partial charge in [-0.05, 0) is 54.9 Å². The molecular formula is C23H36N4O7S. The Balaban J connectivity index is 2.81. The zero-order valence-electron chi connectivity index (χ0n) is 20.2. The highest BCUT2D eigenvalue weighted by atomic mass is 32.2. The average Bonchev–Trinajstić information content (AvgIpc) is 2.80. The molecule has 1 aromatic rings. The maximum absolute atomic E-state index is 12.8. The van der Waals surface area contributed by atoms with E-state index < -0.39 is 54.5 Å². The second-order valence-corrected chi connectivity index (χ2v) is 9.58. The topological polar surface area (TPSA) is 191 Å². The van der Waals surface area contributed by atoms with Gasteiger partial charge in [-0.2, -0.15) is 11.8 Å². The lowest BCUT2D eigenvalue weighted by molar-refractivity contribution is -0.142. The lowest BCUT2D eigenvalue weighted by atomic mass is 10.0. The zero-order valence-corrected chi connectivity index (χ0v) is 21.0. The highest BCUT2D eigenvalue weighted by molar-refractivity contribution is 7.98. The van der Waals surface area contributed by atoms with Gasteiger partial charge in [0.2, 0.25) is 17.7 Å². The molecule has 0 aliphatic carbocycles. The lowest BCUT2D eigenvalue weighted by Crippen LogP contribution is -2.58. The van der Waals surface area contributed by atoms with Crippen LogP contribution in [0.4, 0.5) is 0 Å². The van der Waals surface area contributed by atoms with Gasteiger partial charge in [-0.1, -0.05) is 26.0 Å². The first kappa shape index (κ1) is 30.2. The summed E-state index contributed by atoms with van der Waals surface area (Å²) in [6.07, 6.45) is 2.40. The molecule has 8 N–H and O–H groups in total. The number of phenols is 1. The molecule has 0 bridgehead atoms. The summed E-state index contributed by atoms with van der Waals surface area (Å²) in [5.74, 6) is -2.71. The Kier molecular flexibility index (Phi) is 13.1. The molecule has 0 aromatic heterocycles. The Morgan fingerprint density at radius 2 is 1.49 bits per heavy atom. The SMILES string of the molecule is CSCCC(NC(=O)C(CO)NC(=O)C(N)Cc1ccc(O)cc1)C(=O)NC(CC(C)C)C(=O)O. The quantitative estimate of drug-likeness (QED) is 0.164. The second-order valence-electron chi connectivity index (χ2n) is 8.59. The number of phenolic OH excluding ortho intramolecular Hbond substituents is 1. The van der Waals surface area contributed by atoms with E-state index in [-0.39, 0.29) is 30.9 Å². The minimum absolute atomic E-state index is 0.0235. The van der Waals surface area contributed by atoms with Gasteiger partial charge in [-0.25, -0.2) is 4.79 Å². The predicted molar refractivity (Wildman–Crippen MR) is 133 cm³/mol. The molecule has 1 rings (SSSR count). The van der Waals surface area contributed by atoms with E-state index in [1.54, 1.807) is 12.1 Å². The van der Waals surface area contributed by atoms with E-state index in [2.05, 4.69) is 16.0 Å². The van der Waals surface area contributed by atoms with Crippen LogP contribution in [0.2, 0.25) is 0 Å². The third kappa shape index (κ3) is 11.0. The molecule has 3 amide bonds. The number of aromatic hydroxyl groups is 1. The van der Waals surface area contributed by atoms with Crippen molar-refractivity contribution >= 4 is 35.5 Å². The van der Waals surface area contributed by atoms with E-state index in [1.165, 1.54) is 23.9 Å².